The summed E-state index contributed by atoms with van der Waals surface area (Å²) in [5.74, 6) is -0.833. The largest absolute Gasteiger partial charge is 0.460 e. The Balaban J connectivity index is 2.87. The summed E-state index contributed by atoms with van der Waals surface area (Å²) in [6.45, 7) is 10.4. The molecule has 0 aliphatic rings. The van der Waals surface area contributed by atoms with Crippen molar-refractivity contribution in [3.05, 3.63) is 29.6 Å². The van der Waals surface area contributed by atoms with Gasteiger partial charge in [0.25, 0.3) is 0 Å². The number of carbonyl (C=O) groups excluding carboxylic acids is 2. The molecule has 1 rings (SSSR count). The zero-order valence-corrected chi connectivity index (χ0v) is 16.5. The van der Waals surface area contributed by atoms with Crippen molar-refractivity contribution in [2.75, 3.05) is 6.54 Å². The first-order valence-corrected chi connectivity index (χ1v) is 8.63. The van der Waals surface area contributed by atoms with E-state index in [2.05, 4.69) is 10.3 Å². The molecule has 0 bridgehead atoms. The number of nitrogens with one attached hydrogen (secondary N) is 1. The molecular weight excluding hydrogens is 336 g/mol. The van der Waals surface area contributed by atoms with Gasteiger partial charge in [-0.15, -0.1) is 0 Å². The first-order valence-electron chi connectivity index (χ1n) is 8.63. The van der Waals surface area contributed by atoms with Gasteiger partial charge in [-0.1, -0.05) is 6.07 Å². The molecular formula is C19H30N2O5. The Morgan fingerprint density at radius 3 is 2.19 bits per heavy atom. The smallest absolute Gasteiger partial charge is 0.320 e. The van der Waals surface area contributed by atoms with Crippen molar-refractivity contribution < 1.29 is 24.2 Å². The number of hydrogen-bond acceptors (Lipinski definition) is 7. The molecule has 0 saturated heterocycles. The molecule has 7 heteroatoms. The van der Waals surface area contributed by atoms with Gasteiger partial charge < -0.3 is 14.6 Å². The molecule has 1 atom stereocenters. The van der Waals surface area contributed by atoms with E-state index in [1.807, 2.05) is 0 Å². The fourth-order valence-corrected chi connectivity index (χ4v) is 2.20. The van der Waals surface area contributed by atoms with Crippen LogP contribution >= 0.6 is 0 Å². The van der Waals surface area contributed by atoms with Crippen LogP contribution in [0.4, 0.5) is 0 Å². The minimum absolute atomic E-state index is 0.00193. The first-order chi connectivity index (χ1) is 11.9. The number of aliphatic hydroxyl groups excluding tert-OH is 1. The number of rotatable bonds is 7. The molecule has 0 aliphatic carbocycles. The number of pyridine rings is 1. The van der Waals surface area contributed by atoms with Crippen LogP contribution in [0, 0.1) is 0 Å². The van der Waals surface area contributed by atoms with Crippen molar-refractivity contribution in [1.82, 2.24) is 10.3 Å². The summed E-state index contributed by atoms with van der Waals surface area (Å²) >= 11 is 0. The Morgan fingerprint density at radius 1 is 1.08 bits per heavy atom. The number of esters is 2. The van der Waals surface area contributed by atoms with Crippen LogP contribution in [0.2, 0.25) is 0 Å². The normalized spacial score (nSPS) is 13.2. The third-order valence-electron chi connectivity index (χ3n) is 3.05. The number of ether oxygens (including phenoxy) is 2. The molecule has 0 aliphatic heterocycles. The number of aliphatic hydroxyl groups is 1. The van der Waals surface area contributed by atoms with Crippen molar-refractivity contribution in [2.24, 2.45) is 0 Å². The van der Waals surface area contributed by atoms with Crippen molar-refractivity contribution in [3.63, 3.8) is 0 Å². The third-order valence-corrected chi connectivity index (χ3v) is 3.05. The van der Waals surface area contributed by atoms with Crippen LogP contribution in [0.15, 0.2) is 18.2 Å². The first kappa shape index (κ1) is 22.1. The summed E-state index contributed by atoms with van der Waals surface area (Å²) in [6.07, 6.45) is 0.00193. The second-order valence-corrected chi connectivity index (χ2v) is 8.02. The second-order valence-electron chi connectivity index (χ2n) is 8.02. The number of nitrogens with zero attached hydrogens (tertiary/aromatic N) is 1. The lowest BCUT2D eigenvalue weighted by atomic mass is 10.1. The van der Waals surface area contributed by atoms with E-state index < -0.39 is 29.2 Å². The average Bonchev–Trinajstić information content (AvgIpc) is 2.48. The molecule has 0 fully saturated rings. The number of hydrogen-bond donors (Lipinski definition) is 2. The van der Waals surface area contributed by atoms with E-state index in [9.17, 15) is 14.7 Å². The van der Waals surface area contributed by atoms with Crippen LogP contribution in [0.25, 0.3) is 0 Å². The standard InChI is InChI=1S/C19H30N2O5/c1-18(2,3)25-16(23)10-15(14-9-7-8-13(12-22)21-14)20-11-17(24)26-19(4,5)6/h7-9,15,20,22H,10-12H2,1-6H3. The second kappa shape index (κ2) is 9.09. The van der Waals surface area contributed by atoms with Gasteiger partial charge in [-0.05, 0) is 53.7 Å². The molecule has 1 unspecified atom stereocenters. The predicted molar refractivity (Wildman–Crippen MR) is 97.2 cm³/mol. The fourth-order valence-electron chi connectivity index (χ4n) is 2.20. The predicted octanol–water partition coefficient (Wildman–Crippen LogP) is 2.28. The van der Waals surface area contributed by atoms with Crippen LogP contribution in [0.5, 0.6) is 0 Å². The topological polar surface area (TPSA) is 97.8 Å². The van der Waals surface area contributed by atoms with Crippen LogP contribution in [0.1, 0.15) is 65.4 Å². The Labute approximate surface area is 155 Å². The molecule has 26 heavy (non-hydrogen) atoms. The van der Waals surface area contributed by atoms with E-state index in [0.29, 0.717) is 11.4 Å². The van der Waals surface area contributed by atoms with Crippen LogP contribution in [-0.2, 0) is 25.7 Å². The molecule has 1 aromatic rings. The molecule has 0 saturated carbocycles. The monoisotopic (exact) mass is 366 g/mol. The van der Waals surface area contributed by atoms with Gasteiger partial charge in [-0.3, -0.25) is 19.9 Å². The molecule has 146 valence electrons. The van der Waals surface area contributed by atoms with E-state index in [0.717, 1.165) is 0 Å². The summed E-state index contributed by atoms with van der Waals surface area (Å²) < 4.78 is 10.6. The van der Waals surface area contributed by atoms with Gasteiger partial charge in [0.1, 0.15) is 11.2 Å². The van der Waals surface area contributed by atoms with Crippen LogP contribution in [0.3, 0.4) is 0 Å². The lowest BCUT2D eigenvalue weighted by Crippen LogP contribution is -2.35. The van der Waals surface area contributed by atoms with E-state index in [1.165, 1.54) is 0 Å². The highest BCUT2D eigenvalue weighted by Crippen LogP contribution is 2.19. The summed E-state index contributed by atoms with van der Waals surface area (Å²) in [5.41, 5.74) is -0.163. The van der Waals surface area contributed by atoms with Crippen molar-refractivity contribution >= 4 is 11.9 Å². The Kier molecular flexibility index (Phi) is 7.71. The SMILES string of the molecule is CC(C)(C)OC(=O)CNC(CC(=O)OC(C)(C)C)c1cccc(CO)n1. The number of carbonyl (C=O) groups is 2. The maximum atomic E-state index is 12.2. The average molecular weight is 366 g/mol. The maximum absolute atomic E-state index is 12.2. The lowest BCUT2D eigenvalue weighted by Gasteiger charge is -2.24. The third kappa shape index (κ3) is 8.92. The van der Waals surface area contributed by atoms with E-state index in [4.69, 9.17) is 9.47 Å². The molecule has 1 aromatic heterocycles. The van der Waals surface area contributed by atoms with Gasteiger partial charge in [0, 0.05) is 0 Å². The highest BCUT2D eigenvalue weighted by molar-refractivity contribution is 5.73. The molecule has 0 amide bonds. The van der Waals surface area contributed by atoms with Gasteiger partial charge >= 0.3 is 11.9 Å². The van der Waals surface area contributed by atoms with Crippen molar-refractivity contribution in [1.29, 1.82) is 0 Å². The lowest BCUT2D eigenvalue weighted by molar-refractivity contribution is -0.157. The molecule has 0 aromatic carbocycles. The number of aromatic nitrogens is 1. The van der Waals surface area contributed by atoms with Crippen molar-refractivity contribution in [3.8, 4) is 0 Å². The Hall–Kier alpha value is -1.99. The van der Waals surface area contributed by atoms with E-state index in [-0.39, 0.29) is 19.6 Å². The van der Waals surface area contributed by atoms with Crippen LogP contribution < -0.4 is 5.32 Å². The zero-order chi connectivity index (χ0) is 20.0. The summed E-state index contributed by atoms with van der Waals surface area (Å²) in [7, 11) is 0. The minimum Gasteiger partial charge on any atom is -0.460 e. The van der Waals surface area contributed by atoms with Crippen molar-refractivity contribution in [2.45, 2.75) is 71.8 Å². The quantitative estimate of drug-likeness (QED) is 0.714. The van der Waals surface area contributed by atoms with E-state index in [1.54, 1.807) is 59.7 Å². The van der Waals surface area contributed by atoms with E-state index >= 15 is 0 Å². The van der Waals surface area contributed by atoms with Gasteiger partial charge in [0.15, 0.2) is 0 Å². The maximum Gasteiger partial charge on any atom is 0.320 e. The minimum atomic E-state index is -0.604. The molecule has 0 radical (unpaired) electrons. The highest BCUT2D eigenvalue weighted by Gasteiger charge is 2.24. The van der Waals surface area contributed by atoms with Gasteiger partial charge in [-0.25, -0.2) is 0 Å². The van der Waals surface area contributed by atoms with Crippen LogP contribution in [-0.4, -0.2) is 39.8 Å². The Morgan fingerprint density at radius 2 is 1.65 bits per heavy atom. The van der Waals surface area contributed by atoms with Gasteiger partial charge in [0.2, 0.25) is 0 Å². The molecule has 7 nitrogen and oxygen atoms in total. The Bertz CT molecular complexity index is 617. The molecule has 0 spiro atoms. The molecule has 1 heterocycles. The summed E-state index contributed by atoms with van der Waals surface area (Å²) in [6, 6.07) is 4.62. The zero-order valence-electron chi connectivity index (χ0n) is 16.5. The van der Waals surface area contributed by atoms with Gasteiger partial charge in [0.05, 0.1) is 37.0 Å². The summed E-state index contributed by atoms with van der Waals surface area (Å²) in [4.78, 5) is 28.5. The fraction of sp³-hybridized carbons (Fsp3) is 0.632. The summed E-state index contributed by atoms with van der Waals surface area (Å²) in [5, 5.41) is 12.3. The highest BCUT2D eigenvalue weighted by atomic mass is 16.6. The van der Waals surface area contributed by atoms with Gasteiger partial charge in [-0.2, -0.15) is 0 Å². The molecule has 2 N–H and O–H groups in total.